The van der Waals surface area contributed by atoms with Crippen LogP contribution in [-0.4, -0.2) is 66.0 Å². The van der Waals surface area contributed by atoms with Crippen LogP contribution in [0.3, 0.4) is 0 Å². The van der Waals surface area contributed by atoms with E-state index in [0.29, 0.717) is 37.6 Å². The van der Waals surface area contributed by atoms with Crippen molar-refractivity contribution in [3.8, 4) is 11.5 Å². The summed E-state index contributed by atoms with van der Waals surface area (Å²) in [6, 6.07) is 13.8. The second-order valence-corrected chi connectivity index (χ2v) is 9.52. The van der Waals surface area contributed by atoms with Gasteiger partial charge in [-0.1, -0.05) is 52.7 Å². The van der Waals surface area contributed by atoms with Crippen molar-refractivity contribution in [3.05, 3.63) is 65.2 Å². The van der Waals surface area contributed by atoms with Gasteiger partial charge in [-0.25, -0.2) is 0 Å². The molecule has 38 heavy (non-hydrogen) atoms. The van der Waals surface area contributed by atoms with Gasteiger partial charge in [0.05, 0.1) is 24.8 Å². The maximum atomic E-state index is 13.3. The van der Waals surface area contributed by atoms with Crippen LogP contribution in [0, 0.1) is 0 Å². The van der Waals surface area contributed by atoms with Crippen molar-refractivity contribution in [2.24, 2.45) is 0 Å². The maximum Gasteiger partial charge on any atom is 0.295 e. The van der Waals surface area contributed by atoms with Crippen molar-refractivity contribution in [2.75, 3.05) is 39.4 Å². The fourth-order valence-electron chi connectivity index (χ4n) is 4.53. The summed E-state index contributed by atoms with van der Waals surface area (Å²) in [6.07, 6.45) is 4.01. The topological polar surface area (TPSA) is 79.3 Å². The number of Topliss-reactive ketones (excluding diaryl/α,β-unsaturated/α-hetero) is 1. The molecular formula is C31H42N2O5. The summed E-state index contributed by atoms with van der Waals surface area (Å²) < 4.78 is 11.5. The molecule has 206 valence electrons. The number of aliphatic hydroxyl groups is 1. The van der Waals surface area contributed by atoms with E-state index in [9.17, 15) is 14.7 Å². The molecule has 1 atom stereocenters. The Morgan fingerprint density at radius 3 is 1.87 bits per heavy atom. The number of ketones is 1. The molecule has 7 heteroatoms. The minimum Gasteiger partial charge on any atom is -0.507 e. The maximum absolute atomic E-state index is 13.3. The number of carbonyl (C=O) groups excluding carboxylic acids is 2. The van der Waals surface area contributed by atoms with Gasteiger partial charge in [0.2, 0.25) is 0 Å². The Balaban J connectivity index is 1.96. The van der Waals surface area contributed by atoms with Crippen LogP contribution in [-0.2, 0) is 9.59 Å². The van der Waals surface area contributed by atoms with Gasteiger partial charge in [0, 0.05) is 18.7 Å². The Morgan fingerprint density at radius 2 is 1.37 bits per heavy atom. The van der Waals surface area contributed by atoms with E-state index in [1.165, 1.54) is 0 Å². The number of benzene rings is 2. The normalized spacial score (nSPS) is 16.9. The van der Waals surface area contributed by atoms with Gasteiger partial charge in [-0.3, -0.25) is 9.59 Å². The summed E-state index contributed by atoms with van der Waals surface area (Å²) in [5.41, 5.74) is 1.33. The Hall–Kier alpha value is -3.32. The molecule has 1 unspecified atom stereocenters. The minimum atomic E-state index is -0.685. The van der Waals surface area contributed by atoms with E-state index in [2.05, 4.69) is 32.6 Å². The third-order valence-electron chi connectivity index (χ3n) is 6.95. The monoisotopic (exact) mass is 522 g/mol. The molecule has 0 radical (unpaired) electrons. The average molecular weight is 523 g/mol. The number of rotatable bonds is 15. The van der Waals surface area contributed by atoms with Crippen molar-refractivity contribution in [1.29, 1.82) is 0 Å². The molecule has 0 spiro atoms. The number of amides is 1. The number of unbranched alkanes of at least 4 members (excludes halogenated alkanes) is 2. The van der Waals surface area contributed by atoms with Crippen LogP contribution in [0.4, 0.5) is 0 Å². The molecule has 3 rings (SSSR count). The third kappa shape index (κ3) is 7.16. The van der Waals surface area contributed by atoms with E-state index in [4.69, 9.17) is 9.47 Å². The molecule has 2 aromatic carbocycles. The number of carbonyl (C=O) groups is 2. The Kier molecular flexibility index (Phi) is 11.2. The zero-order chi connectivity index (χ0) is 27.5. The van der Waals surface area contributed by atoms with Crippen LogP contribution in [0.1, 0.15) is 70.5 Å². The zero-order valence-electron chi connectivity index (χ0n) is 23.2. The van der Waals surface area contributed by atoms with Crippen molar-refractivity contribution in [3.63, 3.8) is 0 Å². The smallest absolute Gasteiger partial charge is 0.295 e. The van der Waals surface area contributed by atoms with Crippen LogP contribution in [0.5, 0.6) is 11.5 Å². The Morgan fingerprint density at radius 1 is 0.842 bits per heavy atom. The highest BCUT2D eigenvalue weighted by Gasteiger charge is 2.46. The fourth-order valence-corrected chi connectivity index (χ4v) is 4.53. The SMILES string of the molecule is CCCCOc1ccc(C(O)=C2C(=O)C(=O)N(CCN(CC)CC)C2c2ccc(OCCCC)cc2)cc1. The van der Waals surface area contributed by atoms with Crippen molar-refractivity contribution in [2.45, 2.75) is 59.4 Å². The second-order valence-electron chi connectivity index (χ2n) is 9.52. The summed E-state index contributed by atoms with van der Waals surface area (Å²) in [5.74, 6) is -0.00185. The summed E-state index contributed by atoms with van der Waals surface area (Å²) in [7, 11) is 0. The Labute approximate surface area is 227 Å². The quantitative estimate of drug-likeness (QED) is 0.138. The molecule has 2 aromatic rings. The predicted octanol–water partition coefficient (Wildman–Crippen LogP) is 5.81. The van der Waals surface area contributed by atoms with Crippen LogP contribution in [0.25, 0.3) is 5.76 Å². The van der Waals surface area contributed by atoms with Gasteiger partial charge >= 0.3 is 0 Å². The van der Waals surface area contributed by atoms with Gasteiger partial charge < -0.3 is 24.4 Å². The molecule has 1 N–H and O–H groups in total. The van der Waals surface area contributed by atoms with Gasteiger partial charge in [0.15, 0.2) is 0 Å². The van der Waals surface area contributed by atoms with Crippen molar-refractivity contribution < 1.29 is 24.2 Å². The lowest BCUT2D eigenvalue weighted by molar-refractivity contribution is -0.140. The second kappa shape index (κ2) is 14.6. The first-order valence-electron chi connectivity index (χ1n) is 13.9. The molecule has 7 nitrogen and oxygen atoms in total. The molecule has 0 aromatic heterocycles. The largest absolute Gasteiger partial charge is 0.507 e. The highest BCUT2D eigenvalue weighted by Crippen LogP contribution is 2.40. The van der Waals surface area contributed by atoms with Crippen LogP contribution in [0.2, 0.25) is 0 Å². The first-order valence-corrected chi connectivity index (χ1v) is 13.9. The van der Waals surface area contributed by atoms with E-state index in [-0.39, 0.29) is 11.3 Å². The number of hydrogen-bond acceptors (Lipinski definition) is 6. The van der Waals surface area contributed by atoms with Gasteiger partial charge in [0.1, 0.15) is 17.3 Å². The van der Waals surface area contributed by atoms with Crippen LogP contribution >= 0.6 is 0 Å². The molecule has 0 saturated carbocycles. The highest BCUT2D eigenvalue weighted by molar-refractivity contribution is 6.46. The summed E-state index contributed by atoms with van der Waals surface area (Å²) in [5, 5.41) is 11.3. The van der Waals surface area contributed by atoms with Gasteiger partial charge in [0.25, 0.3) is 11.7 Å². The number of ether oxygens (including phenoxy) is 2. The first kappa shape index (κ1) is 29.2. The van der Waals surface area contributed by atoms with E-state index in [0.717, 1.165) is 50.1 Å². The molecular weight excluding hydrogens is 480 g/mol. The molecule has 0 bridgehead atoms. The molecule has 1 amide bonds. The average Bonchev–Trinajstić information content (AvgIpc) is 3.19. The summed E-state index contributed by atoms with van der Waals surface area (Å²) >= 11 is 0. The predicted molar refractivity (Wildman–Crippen MR) is 150 cm³/mol. The molecule has 1 saturated heterocycles. The number of aliphatic hydroxyl groups excluding tert-OH is 1. The van der Waals surface area contributed by atoms with Crippen molar-refractivity contribution in [1.82, 2.24) is 9.80 Å². The number of likely N-dealkylation sites (N-methyl/N-ethyl adjacent to an activating group) is 1. The van der Waals surface area contributed by atoms with Crippen molar-refractivity contribution >= 4 is 17.4 Å². The molecule has 1 fully saturated rings. The van der Waals surface area contributed by atoms with E-state index >= 15 is 0 Å². The number of nitrogens with zero attached hydrogens (tertiary/aromatic N) is 2. The van der Waals surface area contributed by atoms with Gasteiger partial charge in [-0.2, -0.15) is 0 Å². The lowest BCUT2D eigenvalue weighted by atomic mass is 9.95. The van der Waals surface area contributed by atoms with E-state index < -0.39 is 17.7 Å². The summed E-state index contributed by atoms with van der Waals surface area (Å²) in [6.45, 7) is 12.3. The van der Waals surface area contributed by atoms with E-state index in [1.54, 1.807) is 29.2 Å². The Bertz CT molecular complexity index is 1070. The van der Waals surface area contributed by atoms with Gasteiger partial charge in [-0.15, -0.1) is 0 Å². The first-order chi connectivity index (χ1) is 18.4. The van der Waals surface area contributed by atoms with E-state index in [1.807, 2.05) is 24.3 Å². The third-order valence-corrected chi connectivity index (χ3v) is 6.95. The standard InChI is InChI=1S/C31H42N2O5/c1-5-9-21-37-25-15-11-23(12-16-25)28-27(30(35)31(36)33(28)20-19-32(7-3)8-4)29(34)24-13-17-26(18-14-24)38-22-10-6-2/h11-18,28,34H,5-10,19-22H2,1-4H3. The lowest BCUT2D eigenvalue weighted by Crippen LogP contribution is -2.38. The zero-order valence-corrected chi connectivity index (χ0v) is 23.2. The highest BCUT2D eigenvalue weighted by atomic mass is 16.5. The lowest BCUT2D eigenvalue weighted by Gasteiger charge is -2.28. The summed E-state index contributed by atoms with van der Waals surface area (Å²) in [4.78, 5) is 30.3. The molecule has 1 aliphatic rings. The molecule has 1 heterocycles. The number of likely N-dealkylation sites (tertiary alicyclic amines) is 1. The van der Waals surface area contributed by atoms with Crippen LogP contribution in [0.15, 0.2) is 54.1 Å². The minimum absolute atomic E-state index is 0.105. The molecule has 1 aliphatic heterocycles. The fraction of sp³-hybridized carbons (Fsp3) is 0.484. The van der Waals surface area contributed by atoms with Crippen LogP contribution < -0.4 is 9.47 Å². The van der Waals surface area contributed by atoms with Gasteiger partial charge in [-0.05, 0) is 67.9 Å². The molecule has 0 aliphatic carbocycles. The number of hydrogen-bond donors (Lipinski definition) is 1.